The molecule has 1 fully saturated rings. The summed E-state index contributed by atoms with van der Waals surface area (Å²) >= 11 is 1.34. The van der Waals surface area contributed by atoms with Gasteiger partial charge in [-0.1, -0.05) is 0 Å². The lowest BCUT2D eigenvalue weighted by Crippen LogP contribution is -2.28. The third kappa shape index (κ3) is 3.60. The molecule has 1 aromatic heterocycles. The highest BCUT2D eigenvalue weighted by Gasteiger charge is 2.35. The molecule has 0 spiro atoms. The van der Waals surface area contributed by atoms with Gasteiger partial charge >= 0.3 is 0 Å². The zero-order valence-electron chi connectivity index (χ0n) is 13.0. The molecule has 3 rings (SSSR count). The Morgan fingerprint density at radius 2 is 2.00 bits per heavy atom. The fourth-order valence-corrected chi connectivity index (χ4v) is 3.09. The van der Waals surface area contributed by atoms with Gasteiger partial charge in [-0.3, -0.25) is 14.4 Å². The van der Waals surface area contributed by atoms with Crippen molar-refractivity contribution >= 4 is 45.6 Å². The summed E-state index contributed by atoms with van der Waals surface area (Å²) in [6.45, 7) is 1.76. The first-order valence-electron chi connectivity index (χ1n) is 7.41. The van der Waals surface area contributed by atoms with Crippen LogP contribution in [0.25, 0.3) is 0 Å². The first-order valence-corrected chi connectivity index (χ1v) is 8.29. The van der Waals surface area contributed by atoms with Gasteiger partial charge in [-0.05, 0) is 24.3 Å². The lowest BCUT2D eigenvalue weighted by Gasteiger charge is -2.17. The molecular formula is C16H16N4O3S. The Balaban J connectivity index is 1.66. The molecule has 0 aliphatic carbocycles. The fraction of sp³-hybridized carbons (Fsp3) is 0.250. The Hall–Kier alpha value is -2.74. The fourth-order valence-electron chi connectivity index (χ4n) is 2.55. The molecule has 0 saturated carbocycles. The summed E-state index contributed by atoms with van der Waals surface area (Å²) in [5.74, 6) is -0.854. The van der Waals surface area contributed by atoms with Crippen LogP contribution in [0.3, 0.4) is 0 Å². The van der Waals surface area contributed by atoms with E-state index < -0.39 is 5.92 Å². The summed E-state index contributed by atoms with van der Waals surface area (Å²) in [5.41, 5.74) is 1.37. The molecule has 1 saturated heterocycles. The molecule has 124 valence electrons. The third-order valence-electron chi connectivity index (χ3n) is 3.66. The van der Waals surface area contributed by atoms with E-state index in [2.05, 4.69) is 15.6 Å². The highest BCUT2D eigenvalue weighted by atomic mass is 32.1. The minimum absolute atomic E-state index is 0.0958. The van der Waals surface area contributed by atoms with E-state index in [1.807, 2.05) is 0 Å². The van der Waals surface area contributed by atoms with Crippen molar-refractivity contribution in [1.29, 1.82) is 0 Å². The number of aromatic nitrogens is 1. The van der Waals surface area contributed by atoms with E-state index in [4.69, 9.17) is 0 Å². The van der Waals surface area contributed by atoms with Gasteiger partial charge in [0.2, 0.25) is 17.7 Å². The number of amides is 3. The lowest BCUT2D eigenvalue weighted by atomic mass is 10.1. The zero-order valence-corrected chi connectivity index (χ0v) is 13.8. The van der Waals surface area contributed by atoms with Crippen LogP contribution in [0.5, 0.6) is 0 Å². The second-order valence-electron chi connectivity index (χ2n) is 5.46. The molecule has 8 heteroatoms. The monoisotopic (exact) mass is 344 g/mol. The second kappa shape index (κ2) is 6.79. The molecule has 2 aromatic rings. The second-order valence-corrected chi connectivity index (χ2v) is 6.35. The minimum atomic E-state index is -0.406. The Bertz CT molecular complexity index is 758. The predicted octanol–water partition coefficient (Wildman–Crippen LogP) is 2.09. The topological polar surface area (TPSA) is 91.4 Å². The van der Waals surface area contributed by atoms with Gasteiger partial charge in [0.15, 0.2) is 5.13 Å². The number of nitrogens with one attached hydrogen (secondary N) is 2. The summed E-state index contributed by atoms with van der Waals surface area (Å²) < 4.78 is 0. The maximum atomic E-state index is 12.2. The van der Waals surface area contributed by atoms with E-state index in [0.717, 1.165) is 0 Å². The SMILES string of the molecule is CC(=O)Nc1ccc(N2C[C@@H](C(=O)Nc3nccs3)CC2=O)cc1. The largest absolute Gasteiger partial charge is 0.326 e. The van der Waals surface area contributed by atoms with Crippen molar-refractivity contribution in [2.45, 2.75) is 13.3 Å². The van der Waals surface area contributed by atoms with Gasteiger partial charge < -0.3 is 15.5 Å². The molecule has 1 aliphatic rings. The van der Waals surface area contributed by atoms with Crippen molar-refractivity contribution in [3.8, 4) is 0 Å². The first kappa shape index (κ1) is 16.1. The molecule has 2 N–H and O–H groups in total. The van der Waals surface area contributed by atoms with Crippen molar-refractivity contribution in [2.75, 3.05) is 22.1 Å². The zero-order chi connectivity index (χ0) is 17.1. The third-order valence-corrected chi connectivity index (χ3v) is 4.35. The molecule has 0 bridgehead atoms. The van der Waals surface area contributed by atoms with E-state index in [-0.39, 0.29) is 24.1 Å². The number of nitrogens with zero attached hydrogens (tertiary/aromatic N) is 2. The van der Waals surface area contributed by atoms with Gasteiger partial charge in [0.05, 0.1) is 5.92 Å². The lowest BCUT2D eigenvalue weighted by molar-refractivity contribution is -0.122. The van der Waals surface area contributed by atoms with E-state index in [1.54, 1.807) is 40.7 Å². The number of anilines is 3. The normalized spacial score (nSPS) is 17.0. The number of hydrogen-bond donors (Lipinski definition) is 2. The Labute approximate surface area is 142 Å². The number of carbonyl (C=O) groups excluding carboxylic acids is 3. The van der Waals surface area contributed by atoms with E-state index in [0.29, 0.717) is 23.1 Å². The van der Waals surface area contributed by atoms with Crippen molar-refractivity contribution in [3.05, 3.63) is 35.8 Å². The van der Waals surface area contributed by atoms with Crippen LogP contribution >= 0.6 is 11.3 Å². The summed E-state index contributed by atoms with van der Waals surface area (Å²) in [4.78, 5) is 41.1. The van der Waals surface area contributed by atoms with Gasteiger partial charge in [-0.25, -0.2) is 4.98 Å². The Kier molecular flexibility index (Phi) is 4.57. The molecule has 1 aromatic carbocycles. The number of rotatable bonds is 4. The quantitative estimate of drug-likeness (QED) is 0.888. The summed E-state index contributed by atoms with van der Waals surface area (Å²) in [6, 6.07) is 6.97. The van der Waals surface area contributed by atoms with Gasteiger partial charge in [-0.15, -0.1) is 11.3 Å². The Morgan fingerprint density at radius 1 is 1.25 bits per heavy atom. The van der Waals surface area contributed by atoms with Crippen molar-refractivity contribution < 1.29 is 14.4 Å². The van der Waals surface area contributed by atoms with Gasteiger partial charge in [0.25, 0.3) is 0 Å². The van der Waals surface area contributed by atoms with Crippen LogP contribution in [-0.2, 0) is 14.4 Å². The summed E-state index contributed by atoms with van der Waals surface area (Å²) in [7, 11) is 0. The van der Waals surface area contributed by atoms with Gasteiger partial charge in [0.1, 0.15) is 0 Å². The molecule has 1 atom stereocenters. The average molecular weight is 344 g/mol. The number of thiazole rings is 1. The van der Waals surface area contributed by atoms with Crippen molar-refractivity contribution in [3.63, 3.8) is 0 Å². The molecular weight excluding hydrogens is 328 g/mol. The molecule has 2 heterocycles. The van der Waals surface area contributed by atoms with Crippen LogP contribution in [0, 0.1) is 5.92 Å². The van der Waals surface area contributed by atoms with Crippen LogP contribution in [0.15, 0.2) is 35.8 Å². The van der Waals surface area contributed by atoms with Crippen LogP contribution in [0.1, 0.15) is 13.3 Å². The molecule has 1 aliphatic heterocycles. The summed E-state index contributed by atoms with van der Waals surface area (Å²) in [5, 5.41) is 7.71. The standard InChI is InChI=1S/C16H16N4O3S/c1-10(21)18-12-2-4-13(5-3-12)20-9-11(8-14(20)22)15(23)19-16-17-6-7-24-16/h2-7,11H,8-9H2,1H3,(H,18,21)(H,17,19,23)/t11-/m0/s1. The average Bonchev–Trinajstić information content (AvgIpc) is 3.17. The van der Waals surface area contributed by atoms with Crippen molar-refractivity contribution in [2.24, 2.45) is 5.92 Å². The van der Waals surface area contributed by atoms with Crippen LogP contribution < -0.4 is 15.5 Å². The van der Waals surface area contributed by atoms with Crippen LogP contribution in [-0.4, -0.2) is 29.3 Å². The molecule has 7 nitrogen and oxygen atoms in total. The predicted molar refractivity (Wildman–Crippen MR) is 91.9 cm³/mol. The summed E-state index contributed by atoms with van der Waals surface area (Å²) in [6.07, 6.45) is 1.79. The van der Waals surface area contributed by atoms with E-state index in [1.165, 1.54) is 18.3 Å². The van der Waals surface area contributed by atoms with Crippen molar-refractivity contribution in [1.82, 2.24) is 4.98 Å². The molecule has 0 radical (unpaired) electrons. The maximum absolute atomic E-state index is 12.2. The highest BCUT2D eigenvalue weighted by molar-refractivity contribution is 7.13. The van der Waals surface area contributed by atoms with E-state index in [9.17, 15) is 14.4 Å². The van der Waals surface area contributed by atoms with Gasteiger partial charge in [-0.2, -0.15) is 0 Å². The van der Waals surface area contributed by atoms with E-state index >= 15 is 0 Å². The number of benzene rings is 1. The van der Waals surface area contributed by atoms with Crippen LogP contribution in [0.4, 0.5) is 16.5 Å². The number of carbonyl (C=O) groups is 3. The molecule has 24 heavy (non-hydrogen) atoms. The minimum Gasteiger partial charge on any atom is -0.326 e. The van der Waals surface area contributed by atoms with Crippen LogP contribution in [0.2, 0.25) is 0 Å². The van der Waals surface area contributed by atoms with Gasteiger partial charge in [0, 0.05) is 42.8 Å². The maximum Gasteiger partial charge on any atom is 0.231 e. The Morgan fingerprint density at radius 3 is 2.62 bits per heavy atom. The number of hydrogen-bond acceptors (Lipinski definition) is 5. The highest BCUT2D eigenvalue weighted by Crippen LogP contribution is 2.27. The smallest absolute Gasteiger partial charge is 0.231 e. The first-order chi connectivity index (χ1) is 11.5. The molecule has 0 unspecified atom stereocenters. The molecule has 3 amide bonds.